The number of rotatable bonds is 1. The molecule has 0 saturated heterocycles. The van der Waals surface area contributed by atoms with Crippen molar-refractivity contribution in [2.45, 2.75) is 23.5 Å². The van der Waals surface area contributed by atoms with Gasteiger partial charge in [0.25, 0.3) is 0 Å². The Bertz CT molecular complexity index is 343. The first kappa shape index (κ1) is 9.52. The van der Waals surface area contributed by atoms with Gasteiger partial charge in [-0.1, -0.05) is 19.1 Å². The molecule has 1 aromatic rings. The Balaban J connectivity index is 2.40. The summed E-state index contributed by atoms with van der Waals surface area (Å²) in [5.41, 5.74) is 0.942. The van der Waals surface area contributed by atoms with Crippen molar-refractivity contribution < 1.29 is 0 Å². The number of thioether (sulfide) groups is 1. The maximum atomic E-state index is 10.6. The molecule has 0 fully saturated rings. The Morgan fingerprint density at radius 3 is 3.07 bits per heavy atom. The van der Waals surface area contributed by atoms with Crippen LogP contribution in [-0.4, -0.2) is 11.8 Å². The topological polar surface area (TPSA) is 32.7 Å². The number of anilines is 1. The Morgan fingerprint density at radius 2 is 2.29 bits per heavy atom. The molecule has 14 heavy (non-hydrogen) atoms. The molecule has 2 rings (SSSR count). The fraction of sp³-hybridized carbons (Fsp3) is 0.400. The van der Waals surface area contributed by atoms with Crippen molar-refractivity contribution in [1.82, 2.24) is 0 Å². The average molecular weight is 208 g/mol. The van der Waals surface area contributed by atoms with E-state index in [2.05, 4.69) is 12.2 Å². The molecule has 3 nitrogen and oxygen atoms in total. The first-order chi connectivity index (χ1) is 6.81. The molecule has 0 spiro atoms. The van der Waals surface area contributed by atoms with E-state index in [9.17, 15) is 4.91 Å². The molecule has 4 heteroatoms. The van der Waals surface area contributed by atoms with Gasteiger partial charge in [0.2, 0.25) is 0 Å². The molecule has 1 heterocycles. The van der Waals surface area contributed by atoms with Gasteiger partial charge in [-0.2, -0.15) is 0 Å². The quantitative estimate of drug-likeness (QED) is 0.665. The number of para-hydroxylation sites is 1. The maximum Gasteiger partial charge on any atom is 0.0762 e. The van der Waals surface area contributed by atoms with Crippen LogP contribution in [0.4, 0.5) is 5.69 Å². The molecule has 0 bridgehead atoms. The standard InChI is InChI=1S/C10H12N2OS/c1-8-6-7-12(11-13)9-4-2-3-5-10(9)14-8/h2-5,8H,6-7H2,1H3. The molecule has 74 valence electrons. The molecule has 0 radical (unpaired) electrons. The second kappa shape index (κ2) is 4.00. The van der Waals surface area contributed by atoms with E-state index < -0.39 is 0 Å². The summed E-state index contributed by atoms with van der Waals surface area (Å²) in [6.45, 7) is 2.89. The van der Waals surface area contributed by atoms with Crippen LogP contribution in [0.25, 0.3) is 0 Å². The summed E-state index contributed by atoms with van der Waals surface area (Å²) >= 11 is 1.81. The average Bonchev–Trinajstić information content (AvgIpc) is 2.36. The molecule has 1 aliphatic rings. The monoisotopic (exact) mass is 208 g/mol. The van der Waals surface area contributed by atoms with Crippen molar-refractivity contribution in [3.05, 3.63) is 29.2 Å². The Kier molecular flexibility index (Phi) is 2.72. The van der Waals surface area contributed by atoms with Gasteiger partial charge >= 0.3 is 0 Å². The molecule has 0 aliphatic carbocycles. The molecule has 0 amide bonds. The minimum atomic E-state index is 0.544. The van der Waals surface area contributed by atoms with Crippen molar-refractivity contribution in [2.24, 2.45) is 5.29 Å². The second-order valence-corrected chi connectivity index (χ2v) is 4.87. The predicted octanol–water partition coefficient (Wildman–Crippen LogP) is 3.06. The van der Waals surface area contributed by atoms with Gasteiger partial charge in [-0.3, -0.25) is 0 Å². The zero-order chi connectivity index (χ0) is 9.97. The first-order valence-corrected chi connectivity index (χ1v) is 5.55. The van der Waals surface area contributed by atoms with Crippen LogP contribution in [0.5, 0.6) is 0 Å². The summed E-state index contributed by atoms with van der Waals surface area (Å²) in [5, 5.41) is 5.15. The first-order valence-electron chi connectivity index (χ1n) is 4.68. The molecule has 1 aromatic carbocycles. The third-order valence-corrected chi connectivity index (χ3v) is 3.55. The normalized spacial score (nSPS) is 21.2. The SMILES string of the molecule is CC1CCN(N=O)c2ccccc2S1. The summed E-state index contributed by atoms with van der Waals surface area (Å²) in [5.74, 6) is 0. The molecule has 1 unspecified atom stereocenters. The lowest BCUT2D eigenvalue weighted by Crippen LogP contribution is -2.17. The number of hydrogen-bond donors (Lipinski definition) is 0. The zero-order valence-electron chi connectivity index (χ0n) is 8.01. The molecule has 1 atom stereocenters. The second-order valence-electron chi connectivity index (χ2n) is 3.39. The third kappa shape index (κ3) is 1.75. The van der Waals surface area contributed by atoms with E-state index >= 15 is 0 Å². The summed E-state index contributed by atoms with van der Waals surface area (Å²) in [6, 6.07) is 7.92. The van der Waals surface area contributed by atoms with Gasteiger partial charge < -0.3 is 0 Å². The smallest absolute Gasteiger partial charge is 0.0762 e. The van der Waals surface area contributed by atoms with E-state index in [1.165, 1.54) is 0 Å². The largest absolute Gasteiger partial charge is 0.228 e. The Morgan fingerprint density at radius 1 is 1.50 bits per heavy atom. The molecule has 0 N–H and O–H groups in total. The van der Waals surface area contributed by atoms with Gasteiger partial charge in [0.05, 0.1) is 11.0 Å². The van der Waals surface area contributed by atoms with Gasteiger partial charge in [0, 0.05) is 16.7 Å². The lowest BCUT2D eigenvalue weighted by atomic mass is 10.3. The van der Waals surface area contributed by atoms with Crippen LogP contribution in [-0.2, 0) is 0 Å². The summed E-state index contributed by atoms with van der Waals surface area (Å²) in [7, 11) is 0. The lowest BCUT2D eigenvalue weighted by Gasteiger charge is -2.13. The highest BCUT2D eigenvalue weighted by Crippen LogP contribution is 2.37. The van der Waals surface area contributed by atoms with E-state index in [4.69, 9.17) is 0 Å². The summed E-state index contributed by atoms with van der Waals surface area (Å²) in [4.78, 5) is 11.8. The Hall–Kier alpha value is -1.03. The summed E-state index contributed by atoms with van der Waals surface area (Å²) < 4.78 is 0. The van der Waals surface area contributed by atoms with Crippen LogP contribution in [0, 0.1) is 4.91 Å². The maximum absolute atomic E-state index is 10.6. The van der Waals surface area contributed by atoms with Crippen LogP contribution < -0.4 is 5.01 Å². The third-order valence-electron chi connectivity index (χ3n) is 2.32. The van der Waals surface area contributed by atoms with Crippen LogP contribution in [0.15, 0.2) is 34.4 Å². The number of benzene rings is 1. The van der Waals surface area contributed by atoms with Gasteiger partial charge in [0.15, 0.2) is 0 Å². The molecular weight excluding hydrogens is 196 g/mol. The van der Waals surface area contributed by atoms with E-state index in [1.807, 2.05) is 36.0 Å². The predicted molar refractivity (Wildman–Crippen MR) is 59.5 cm³/mol. The highest BCUT2D eigenvalue weighted by atomic mass is 32.2. The fourth-order valence-electron chi connectivity index (χ4n) is 1.56. The van der Waals surface area contributed by atoms with Crippen molar-refractivity contribution in [1.29, 1.82) is 0 Å². The minimum Gasteiger partial charge on any atom is -0.228 e. The van der Waals surface area contributed by atoms with E-state index in [1.54, 1.807) is 5.01 Å². The van der Waals surface area contributed by atoms with Crippen molar-refractivity contribution in [3.8, 4) is 0 Å². The van der Waals surface area contributed by atoms with Crippen molar-refractivity contribution in [3.63, 3.8) is 0 Å². The van der Waals surface area contributed by atoms with Gasteiger partial charge in [0.1, 0.15) is 0 Å². The van der Waals surface area contributed by atoms with Gasteiger partial charge in [-0.25, -0.2) is 5.01 Å². The van der Waals surface area contributed by atoms with E-state index in [0.717, 1.165) is 17.0 Å². The number of nitroso groups, excluding NO2 is 1. The fourth-order valence-corrected chi connectivity index (χ4v) is 2.66. The van der Waals surface area contributed by atoms with Crippen LogP contribution >= 0.6 is 11.8 Å². The Labute approximate surface area is 87.4 Å². The lowest BCUT2D eigenvalue weighted by molar-refractivity contribution is 0.753. The number of nitrogens with zero attached hydrogens (tertiary/aromatic N) is 2. The zero-order valence-corrected chi connectivity index (χ0v) is 8.83. The van der Waals surface area contributed by atoms with Crippen molar-refractivity contribution in [2.75, 3.05) is 11.6 Å². The summed E-state index contributed by atoms with van der Waals surface area (Å²) in [6.07, 6.45) is 0.991. The van der Waals surface area contributed by atoms with Crippen molar-refractivity contribution >= 4 is 17.4 Å². The van der Waals surface area contributed by atoms with Gasteiger partial charge in [-0.05, 0) is 18.6 Å². The van der Waals surface area contributed by atoms with Crippen LogP contribution in [0.3, 0.4) is 0 Å². The van der Waals surface area contributed by atoms with E-state index in [-0.39, 0.29) is 0 Å². The highest BCUT2D eigenvalue weighted by Gasteiger charge is 2.19. The minimum absolute atomic E-state index is 0.544. The highest BCUT2D eigenvalue weighted by molar-refractivity contribution is 8.00. The number of hydrogen-bond acceptors (Lipinski definition) is 3. The molecule has 0 saturated carbocycles. The van der Waals surface area contributed by atoms with Crippen LogP contribution in [0.2, 0.25) is 0 Å². The van der Waals surface area contributed by atoms with E-state index in [0.29, 0.717) is 11.8 Å². The molecular formula is C10H12N2OS. The number of fused-ring (bicyclic) bond motifs is 1. The van der Waals surface area contributed by atoms with Gasteiger partial charge in [-0.15, -0.1) is 16.7 Å². The van der Waals surface area contributed by atoms with Crippen LogP contribution in [0.1, 0.15) is 13.3 Å². The molecule has 0 aromatic heterocycles. The molecule has 1 aliphatic heterocycles.